The Hall–Kier alpha value is -1.95. The fraction of sp³-hybridized carbons (Fsp3) is 0.417. The van der Waals surface area contributed by atoms with Crippen LogP contribution in [-0.2, 0) is 17.6 Å². The first-order valence-electron chi connectivity index (χ1n) is 10.7. The number of rotatable bonds is 7. The van der Waals surface area contributed by atoms with Crippen molar-refractivity contribution in [3.05, 3.63) is 58.2 Å². The Kier molecular flexibility index (Phi) is 8.25. The molecule has 0 unspecified atom stereocenters. The van der Waals surface area contributed by atoms with Crippen molar-refractivity contribution < 1.29 is 4.79 Å². The highest BCUT2D eigenvalue weighted by Gasteiger charge is 2.19. The van der Waals surface area contributed by atoms with E-state index in [1.54, 1.807) is 11.5 Å². The van der Waals surface area contributed by atoms with E-state index in [9.17, 15) is 4.79 Å². The van der Waals surface area contributed by atoms with Gasteiger partial charge in [-0.2, -0.15) is 4.37 Å². The number of anilines is 1. The van der Waals surface area contributed by atoms with Crippen LogP contribution in [-0.4, -0.2) is 34.8 Å². The molecule has 1 aliphatic heterocycles. The van der Waals surface area contributed by atoms with Crippen molar-refractivity contribution in [2.45, 2.75) is 46.5 Å². The summed E-state index contributed by atoms with van der Waals surface area (Å²) in [6, 6.07) is 12.3. The molecule has 30 heavy (non-hydrogen) atoms. The minimum atomic E-state index is 0.0619. The molecule has 1 aromatic heterocycles. The van der Waals surface area contributed by atoms with Gasteiger partial charge in [-0.1, -0.05) is 49.7 Å². The van der Waals surface area contributed by atoms with Crippen molar-refractivity contribution >= 4 is 44.8 Å². The van der Waals surface area contributed by atoms with Gasteiger partial charge in [0.15, 0.2) is 0 Å². The largest absolute Gasteiger partial charge is 0.325 e. The van der Waals surface area contributed by atoms with Crippen LogP contribution in [0.4, 0.5) is 5.69 Å². The number of carbonyl (C=O) groups excluding carboxylic acids is 1. The molecule has 2 aromatic carbocycles. The maximum atomic E-state index is 11.4. The number of hydrogen-bond donors (Lipinski definition) is 1. The maximum Gasteiger partial charge on any atom is 0.228 e. The molecule has 0 aliphatic carbocycles. The molecule has 0 atom stereocenters. The van der Waals surface area contributed by atoms with Gasteiger partial charge in [-0.15, -0.1) is 0 Å². The monoisotopic (exact) mass is 443 g/mol. The van der Waals surface area contributed by atoms with Gasteiger partial charge in [-0.25, -0.2) is 0 Å². The lowest BCUT2D eigenvalue weighted by Crippen LogP contribution is -2.27. The lowest BCUT2D eigenvalue weighted by Gasteiger charge is -2.21. The molecule has 0 spiro atoms. The molecule has 1 N–H and O–H groups in total. The van der Waals surface area contributed by atoms with Crippen LogP contribution in [0, 0.1) is 6.92 Å². The second-order valence-corrected chi connectivity index (χ2v) is 8.89. The van der Waals surface area contributed by atoms with Gasteiger partial charge in [0.05, 0.1) is 16.8 Å². The van der Waals surface area contributed by atoms with Gasteiger partial charge >= 0.3 is 0 Å². The molecule has 0 fully saturated rings. The van der Waals surface area contributed by atoms with E-state index in [1.807, 2.05) is 25.1 Å². The van der Waals surface area contributed by atoms with Crippen LogP contribution in [0.5, 0.6) is 0 Å². The predicted molar refractivity (Wildman–Crippen MR) is 129 cm³/mol. The van der Waals surface area contributed by atoms with Gasteiger partial charge in [-0.05, 0) is 74.1 Å². The van der Waals surface area contributed by atoms with E-state index in [4.69, 9.17) is 11.6 Å². The molecule has 4 rings (SSSR count). The molecule has 6 heteroatoms. The highest BCUT2D eigenvalue weighted by molar-refractivity contribution is 7.13. The third-order valence-corrected chi connectivity index (χ3v) is 6.50. The summed E-state index contributed by atoms with van der Waals surface area (Å²) in [6.07, 6.45) is 3.78. The Morgan fingerprint density at radius 3 is 2.57 bits per heavy atom. The molecule has 160 valence electrons. The van der Waals surface area contributed by atoms with Crippen molar-refractivity contribution in [2.75, 3.05) is 25.0 Å². The van der Waals surface area contributed by atoms with Crippen LogP contribution in [0.1, 0.15) is 43.5 Å². The Labute approximate surface area is 188 Å². The van der Waals surface area contributed by atoms with E-state index in [1.165, 1.54) is 22.9 Å². The molecule has 0 saturated carbocycles. The quantitative estimate of drug-likeness (QED) is 0.479. The number of benzene rings is 2. The number of halogens is 1. The summed E-state index contributed by atoms with van der Waals surface area (Å²) in [6.45, 7) is 9.76. The first-order chi connectivity index (χ1) is 14.5. The average molecular weight is 444 g/mol. The number of hydrogen-bond acceptors (Lipinski definition) is 4. The van der Waals surface area contributed by atoms with Gasteiger partial charge < -0.3 is 10.2 Å². The van der Waals surface area contributed by atoms with Crippen LogP contribution < -0.4 is 5.32 Å². The molecule has 1 aliphatic rings. The predicted octanol–water partition coefficient (Wildman–Crippen LogP) is 6.10. The summed E-state index contributed by atoms with van der Waals surface area (Å²) in [5.74, 6) is 0.0619. The molecule has 2 heterocycles. The normalized spacial score (nSPS) is 12.6. The summed E-state index contributed by atoms with van der Waals surface area (Å²) in [7, 11) is 0. The van der Waals surface area contributed by atoms with Crippen LogP contribution in [0.2, 0.25) is 5.02 Å². The van der Waals surface area contributed by atoms with Gasteiger partial charge in [0.2, 0.25) is 5.91 Å². The lowest BCUT2D eigenvalue weighted by atomic mass is 10.1. The van der Waals surface area contributed by atoms with Crippen LogP contribution >= 0.6 is 23.1 Å². The fourth-order valence-corrected chi connectivity index (χ4v) is 4.79. The molecule has 1 amide bonds. The highest BCUT2D eigenvalue weighted by atomic mass is 35.5. The lowest BCUT2D eigenvalue weighted by molar-refractivity contribution is -0.115. The SMILES string of the molecule is CCCN(CCC)CCc1cc2c(cc1Cl)NC(=O)C2.Cc1nsc2ccccc12. The van der Waals surface area contributed by atoms with E-state index in [2.05, 4.69) is 46.6 Å². The maximum absolute atomic E-state index is 11.4. The van der Waals surface area contributed by atoms with E-state index in [0.717, 1.165) is 53.6 Å². The third kappa shape index (κ3) is 5.81. The standard InChI is InChI=1S/C16H23ClN2O.C8H7NS/c1-3-6-19(7-4-2)8-5-12-9-13-10-16(20)18-15(13)11-14(12)17;1-6-7-4-2-3-5-8(7)10-9-6/h9,11H,3-8,10H2,1-2H3,(H,18,20);2-5H,1H3. The second kappa shape index (κ2) is 10.9. The Morgan fingerprint density at radius 1 is 1.13 bits per heavy atom. The van der Waals surface area contributed by atoms with E-state index >= 15 is 0 Å². The zero-order chi connectivity index (χ0) is 21.5. The number of amides is 1. The number of nitrogens with one attached hydrogen (secondary N) is 1. The highest BCUT2D eigenvalue weighted by Crippen LogP contribution is 2.30. The van der Waals surface area contributed by atoms with Gasteiger partial charge in [0, 0.05) is 22.6 Å². The number of fused-ring (bicyclic) bond motifs is 2. The zero-order valence-corrected chi connectivity index (χ0v) is 19.6. The molecule has 0 saturated heterocycles. The molecule has 3 aromatic rings. The third-order valence-electron chi connectivity index (χ3n) is 5.23. The molecule has 0 radical (unpaired) electrons. The van der Waals surface area contributed by atoms with E-state index in [-0.39, 0.29) is 5.91 Å². The van der Waals surface area contributed by atoms with Gasteiger partial charge in [0.1, 0.15) is 0 Å². The van der Waals surface area contributed by atoms with Gasteiger partial charge in [-0.3, -0.25) is 4.79 Å². The average Bonchev–Trinajstić information content (AvgIpc) is 3.28. The number of nitrogens with zero attached hydrogens (tertiary/aromatic N) is 2. The first kappa shape index (κ1) is 22.7. The molecular weight excluding hydrogens is 414 g/mol. The summed E-state index contributed by atoms with van der Waals surface area (Å²) in [5, 5.41) is 4.88. The summed E-state index contributed by atoms with van der Waals surface area (Å²) < 4.78 is 5.52. The minimum Gasteiger partial charge on any atom is -0.325 e. The summed E-state index contributed by atoms with van der Waals surface area (Å²) in [5.41, 5.74) is 4.24. The van der Waals surface area contributed by atoms with Crippen LogP contribution in [0.3, 0.4) is 0 Å². The van der Waals surface area contributed by atoms with Crippen LogP contribution in [0.25, 0.3) is 10.1 Å². The molecular formula is C24H30ClN3OS. The zero-order valence-electron chi connectivity index (χ0n) is 18.0. The minimum absolute atomic E-state index is 0.0619. The van der Waals surface area contributed by atoms with Crippen molar-refractivity contribution in [1.82, 2.24) is 9.27 Å². The van der Waals surface area contributed by atoms with Crippen molar-refractivity contribution in [3.8, 4) is 0 Å². The molecule has 0 bridgehead atoms. The Morgan fingerprint density at radius 2 is 1.87 bits per heavy atom. The van der Waals surface area contributed by atoms with E-state index in [0.29, 0.717) is 6.42 Å². The first-order valence-corrected chi connectivity index (χ1v) is 11.8. The topological polar surface area (TPSA) is 45.2 Å². The molecule has 4 nitrogen and oxygen atoms in total. The van der Waals surface area contributed by atoms with Crippen LogP contribution in [0.15, 0.2) is 36.4 Å². The number of aromatic nitrogens is 1. The second-order valence-electron chi connectivity index (χ2n) is 7.68. The number of aryl methyl sites for hydroxylation is 1. The van der Waals surface area contributed by atoms with Gasteiger partial charge in [0.25, 0.3) is 0 Å². The van der Waals surface area contributed by atoms with Crippen molar-refractivity contribution in [1.29, 1.82) is 0 Å². The van der Waals surface area contributed by atoms with Crippen molar-refractivity contribution in [3.63, 3.8) is 0 Å². The Balaban J connectivity index is 0.000000212. The van der Waals surface area contributed by atoms with E-state index < -0.39 is 0 Å². The fourth-order valence-electron chi connectivity index (χ4n) is 3.75. The number of carbonyl (C=O) groups is 1. The summed E-state index contributed by atoms with van der Waals surface area (Å²) >= 11 is 7.89. The van der Waals surface area contributed by atoms with Crippen molar-refractivity contribution in [2.24, 2.45) is 0 Å². The smallest absolute Gasteiger partial charge is 0.228 e. The summed E-state index contributed by atoms with van der Waals surface area (Å²) in [4.78, 5) is 13.9. The Bertz CT molecular complexity index is 995.